The number of nitrogens with one attached hydrogen (secondary N) is 2. The number of anilines is 1. The number of benzene rings is 1. The molecular weight excluding hydrogens is 358 g/mol. The van der Waals surface area contributed by atoms with Crippen molar-refractivity contribution in [3.63, 3.8) is 0 Å². The predicted octanol–water partition coefficient (Wildman–Crippen LogP) is 1.92. The molecule has 0 aromatic heterocycles. The third-order valence-corrected chi connectivity index (χ3v) is 5.56. The Hall–Kier alpha value is -1.96. The van der Waals surface area contributed by atoms with E-state index in [-0.39, 0.29) is 30.1 Å². The topological polar surface area (TPSA) is 79.9 Å². The fourth-order valence-corrected chi connectivity index (χ4v) is 4.31. The average molecular weight is 389 g/mol. The molecule has 1 saturated heterocycles. The molecule has 154 valence electrons. The van der Waals surface area contributed by atoms with Crippen molar-refractivity contribution in [2.45, 2.75) is 50.8 Å². The van der Waals surface area contributed by atoms with Crippen LogP contribution in [0.3, 0.4) is 0 Å². The van der Waals surface area contributed by atoms with Crippen LogP contribution in [0.4, 0.5) is 5.69 Å². The minimum Gasteiger partial charge on any atom is -0.375 e. The molecule has 1 saturated carbocycles. The Morgan fingerprint density at radius 1 is 1.29 bits per heavy atom. The minimum absolute atomic E-state index is 0.0221. The highest BCUT2D eigenvalue weighted by atomic mass is 16.5. The number of hydrogen-bond donors (Lipinski definition) is 2. The minimum atomic E-state index is -0.323. The van der Waals surface area contributed by atoms with Crippen LogP contribution >= 0.6 is 0 Å². The standard InChI is InChI=1S/C21H31N3O4/c1-16(25)22-18-8-6-17(7-9-18)13-24-11-12-28-21(15-24)10-4-3-5-19(21)23-20(26)14-27-2/h6-9,19H,3-5,10-15H2,1-2H3,(H,22,25)(H,23,26)/t19-,21+/m0/s1. The van der Waals surface area contributed by atoms with Crippen LogP contribution in [0.15, 0.2) is 24.3 Å². The molecule has 3 rings (SSSR count). The predicted molar refractivity (Wildman–Crippen MR) is 107 cm³/mol. The number of carbonyl (C=O) groups excluding carboxylic acids is 2. The Balaban J connectivity index is 1.64. The zero-order chi connectivity index (χ0) is 20.0. The van der Waals surface area contributed by atoms with Crippen molar-refractivity contribution in [3.05, 3.63) is 29.8 Å². The van der Waals surface area contributed by atoms with Gasteiger partial charge < -0.3 is 20.1 Å². The summed E-state index contributed by atoms with van der Waals surface area (Å²) < 4.78 is 11.2. The summed E-state index contributed by atoms with van der Waals surface area (Å²) in [7, 11) is 1.53. The summed E-state index contributed by atoms with van der Waals surface area (Å²) in [6, 6.07) is 7.98. The molecule has 2 fully saturated rings. The van der Waals surface area contributed by atoms with Crippen molar-refractivity contribution >= 4 is 17.5 Å². The Morgan fingerprint density at radius 2 is 2.07 bits per heavy atom. The van der Waals surface area contributed by atoms with Crippen LogP contribution in [0.2, 0.25) is 0 Å². The highest BCUT2D eigenvalue weighted by Gasteiger charge is 2.45. The van der Waals surface area contributed by atoms with Crippen molar-refractivity contribution in [2.75, 3.05) is 38.7 Å². The van der Waals surface area contributed by atoms with Crippen LogP contribution < -0.4 is 10.6 Å². The largest absolute Gasteiger partial charge is 0.375 e. The zero-order valence-electron chi connectivity index (χ0n) is 16.8. The van der Waals surface area contributed by atoms with Crippen molar-refractivity contribution < 1.29 is 19.1 Å². The van der Waals surface area contributed by atoms with Gasteiger partial charge in [-0.05, 0) is 30.5 Å². The Morgan fingerprint density at radius 3 is 2.79 bits per heavy atom. The van der Waals surface area contributed by atoms with Crippen molar-refractivity contribution in [1.82, 2.24) is 10.2 Å². The van der Waals surface area contributed by atoms with E-state index in [1.807, 2.05) is 24.3 Å². The second kappa shape index (κ2) is 9.49. The second-order valence-electron chi connectivity index (χ2n) is 7.80. The van der Waals surface area contributed by atoms with Gasteiger partial charge in [-0.15, -0.1) is 0 Å². The Labute approximate surface area is 166 Å². The molecule has 0 radical (unpaired) electrons. The van der Waals surface area contributed by atoms with Crippen LogP contribution in [0.5, 0.6) is 0 Å². The molecule has 1 aliphatic carbocycles. The van der Waals surface area contributed by atoms with E-state index in [1.54, 1.807) is 0 Å². The molecule has 1 heterocycles. The zero-order valence-corrected chi connectivity index (χ0v) is 16.8. The molecular formula is C21H31N3O4. The van der Waals surface area contributed by atoms with E-state index in [0.29, 0.717) is 6.61 Å². The van der Waals surface area contributed by atoms with Crippen LogP contribution in [-0.2, 0) is 25.6 Å². The lowest BCUT2D eigenvalue weighted by Crippen LogP contribution is -2.64. The highest BCUT2D eigenvalue weighted by molar-refractivity contribution is 5.88. The Kier molecular flexibility index (Phi) is 7.04. The molecule has 7 heteroatoms. The van der Waals surface area contributed by atoms with Gasteiger partial charge in [0.05, 0.1) is 12.6 Å². The monoisotopic (exact) mass is 389 g/mol. The number of rotatable bonds is 6. The van der Waals surface area contributed by atoms with E-state index in [4.69, 9.17) is 9.47 Å². The van der Waals surface area contributed by atoms with Crippen molar-refractivity contribution in [2.24, 2.45) is 0 Å². The first-order chi connectivity index (χ1) is 13.5. The lowest BCUT2D eigenvalue weighted by Gasteiger charge is -2.49. The molecule has 2 aliphatic rings. The molecule has 1 aliphatic heterocycles. The third-order valence-electron chi connectivity index (χ3n) is 5.56. The normalized spacial score (nSPS) is 25.4. The first kappa shape index (κ1) is 20.8. The number of morpholine rings is 1. The summed E-state index contributed by atoms with van der Waals surface area (Å²) in [5.74, 6) is -0.148. The summed E-state index contributed by atoms with van der Waals surface area (Å²) in [4.78, 5) is 25.6. The van der Waals surface area contributed by atoms with E-state index in [9.17, 15) is 9.59 Å². The van der Waals surface area contributed by atoms with Gasteiger partial charge in [-0.1, -0.05) is 25.0 Å². The van der Waals surface area contributed by atoms with Gasteiger partial charge in [0.25, 0.3) is 0 Å². The lowest BCUT2D eigenvalue weighted by atomic mass is 9.78. The first-order valence-electron chi connectivity index (χ1n) is 10.0. The summed E-state index contributed by atoms with van der Waals surface area (Å²) in [6.45, 7) is 4.75. The molecule has 0 bridgehead atoms. The molecule has 1 aromatic carbocycles. The quantitative estimate of drug-likeness (QED) is 0.777. The van der Waals surface area contributed by atoms with E-state index in [0.717, 1.165) is 51.0 Å². The van der Waals surface area contributed by atoms with E-state index >= 15 is 0 Å². The molecule has 0 unspecified atom stereocenters. The molecule has 2 N–H and O–H groups in total. The maximum absolute atomic E-state index is 12.1. The van der Waals surface area contributed by atoms with E-state index in [1.165, 1.54) is 19.6 Å². The number of methoxy groups -OCH3 is 1. The van der Waals surface area contributed by atoms with Crippen LogP contribution in [0, 0.1) is 0 Å². The van der Waals surface area contributed by atoms with Gasteiger partial charge in [-0.2, -0.15) is 0 Å². The second-order valence-corrected chi connectivity index (χ2v) is 7.80. The summed E-state index contributed by atoms with van der Waals surface area (Å²) in [6.07, 6.45) is 4.13. The van der Waals surface area contributed by atoms with Gasteiger partial charge in [0.1, 0.15) is 12.2 Å². The first-order valence-corrected chi connectivity index (χ1v) is 10.0. The van der Waals surface area contributed by atoms with Crippen molar-refractivity contribution in [1.29, 1.82) is 0 Å². The molecule has 2 amide bonds. The summed E-state index contributed by atoms with van der Waals surface area (Å²) in [5.41, 5.74) is 1.68. The Bertz CT molecular complexity index is 675. The summed E-state index contributed by atoms with van der Waals surface area (Å²) in [5, 5.41) is 5.93. The number of amides is 2. The van der Waals surface area contributed by atoms with E-state index < -0.39 is 0 Å². The molecule has 7 nitrogen and oxygen atoms in total. The summed E-state index contributed by atoms with van der Waals surface area (Å²) >= 11 is 0. The van der Waals surface area contributed by atoms with Crippen LogP contribution in [-0.4, -0.2) is 61.8 Å². The maximum Gasteiger partial charge on any atom is 0.246 e. The number of ether oxygens (including phenoxy) is 2. The van der Waals surface area contributed by atoms with Crippen LogP contribution in [0.25, 0.3) is 0 Å². The molecule has 1 aromatic rings. The fraction of sp³-hybridized carbons (Fsp3) is 0.619. The van der Waals surface area contributed by atoms with Gasteiger partial charge in [0, 0.05) is 39.4 Å². The maximum atomic E-state index is 12.1. The van der Waals surface area contributed by atoms with Gasteiger partial charge in [0.2, 0.25) is 11.8 Å². The van der Waals surface area contributed by atoms with Crippen LogP contribution in [0.1, 0.15) is 38.2 Å². The SMILES string of the molecule is COCC(=O)N[C@H]1CCCC[C@@]12CN(Cc1ccc(NC(C)=O)cc1)CCO2. The number of hydrogen-bond acceptors (Lipinski definition) is 5. The number of nitrogens with zero attached hydrogens (tertiary/aromatic N) is 1. The highest BCUT2D eigenvalue weighted by Crippen LogP contribution is 2.35. The average Bonchev–Trinajstić information content (AvgIpc) is 2.65. The lowest BCUT2D eigenvalue weighted by molar-refractivity contribution is -0.152. The van der Waals surface area contributed by atoms with Gasteiger partial charge in [-0.3, -0.25) is 14.5 Å². The fourth-order valence-electron chi connectivity index (χ4n) is 4.31. The molecule has 2 atom stereocenters. The van der Waals surface area contributed by atoms with Gasteiger partial charge in [0.15, 0.2) is 0 Å². The van der Waals surface area contributed by atoms with Gasteiger partial charge in [-0.25, -0.2) is 0 Å². The molecule has 28 heavy (non-hydrogen) atoms. The smallest absolute Gasteiger partial charge is 0.246 e. The van der Waals surface area contributed by atoms with E-state index in [2.05, 4.69) is 15.5 Å². The third kappa shape index (κ3) is 5.31. The van der Waals surface area contributed by atoms with Gasteiger partial charge >= 0.3 is 0 Å². The molecule has 1 spiro atoms. The van der Waals surface area contributed by atoms with Crippen molar-refractivity contribution in [3.8, 4) is 0 Å². The number of carbonyl (C=O) groups is 2.